The molecule has 0 saturated heterocycles. The van der Waals surface area contributed by atoms with Crippen molar-refractivity contribution in [1.82, 2.24) is 9.97 Å². The number of ether oxygens (including phenoxy) is 1. The Labute approximate surface area is 189 Å². The predicted octanol–water partition coefficient (Wildman–Crippen LogP) is 5.96. The van der Waals surface area contributed by atoms with Gasteiger partial charge in [0.25, 0.3) is 0 Å². The Morgan fingerprint density at radius 3 is 2.58 bits per heavy atom. The highest BCUT2D eigenvalue weighted by atomic mass is 35.5. The van der Waals surface area contributed by atoms with Crippen molar-refractivity contribution < 1.29 is 4.74 Å². The Bertz CT molecular complexity index is 1390. The molecule has 2 aromatic heterocycles. The van der Waals surface area contributed by atoms with Crippen molar-refractivity contribution in [3.8, 4) is 23.7 Å². The third-order valence-corrected chi connectivity index (χ3v) is 5.11. The van der Waals surface area contributed by atoms with Crippen molar-refractivity contribution in [3.63, 3.8) is 0 Å². The maximum Gasteiger partial charge on any atom is 0.139 e. The van der Waals surface area contributed by atoms with Crippen LogP contribution < -0.4 is 10.1 Å². The van der Waals surface area contributed by atoms with Gasteiger partial charge in [0.2, 0.25) is 0 Å². The molecule has 0 unspecified atom stereocenters. The number of aromatic nitrogens is 2. The van der Waals surface area contributed by atoms with E-state index in [9.17, 15) is 5.26 Å². The van der Waals surface area contributed by atoms with Crippen LogP contribution in [0.3, 0.4) is 0 Å². The first-order valence-electron chi connectivity index (χ1n) is 9.14. The first kappa shape index (κ1) is 20.5. The van der Waals surface area contributed by atoms with Gasteiger partial charge < -0.3 is 10.1 Å². The molecular formula is C24H14Cl2N4O. The first-order valence-corrected chi connectivity index (χ1v) is 9.89. The molecule has 0 saturated carbocycles. The number of anilines is 2. The summed E-state index contributed by atoms with van der Waals surface area (Å²) in [5.74, 6) is 6.68. The highest BCUT2D eigenvalue weighted by molar-refractivity contribution is 6.37. The Kier molecular flexibility index (Phi) is 5.91. The number of hydrogen-bond donors (Lipinski definition) is 1. The largest absolute Gasteiger partial charge is 0.495 e. The summed E-state index contributed by atoms with van der Waals surface area (Å²) in [5.41, 5.74) is 3.80. The van der Waals surface area contributed by atoms with E-state index in [0.29, 0.717) is 38.2 Å². The number of pyridine rings is 2. The Balaban J connectivity index is 1.82. The number of halogens is 2. The van der Waals surface area contributed by atoms with Gasteiger partial charge in [-0.2, -0.15) is 5.26 Å². The zero-order valence-corrected chi connectivity index (χ0v) is 17.8. The molecule has 2 aromatic carbocycles. The molecule has 0 aliphatic carbocycles. The summed E-state index contributed by atoms with van der Waals surface area (Å²) in [4.78, 5) is 8.45. The average Bonchev–Trinajstić information content (AvgIpc) is 2.80. The lowest BCUT2D eigenvalue weighted by molar-refractivity contribution is 0.415. The topological polar surface area (TPSA) is 70.8 Å². The van der Waals surface area contributed by atoms with Crippen LogP contribution in [0.5, 0.6) is 5.75 Å². The number of benzene rings is 2. The molecule has 0 amide bonds. The standard InChI is InChI=1S/C24H14Cl2N4O/c1-31-23-11-22(19(25)10-20(23)26)30-24-17(12-27)14-29-21-7-6-15(9-18(21)24)4-5-16-3-2-8-28-13-16/h2-3,6-11,13-14H,1H3,(H,29,30). The molecule has 0 bridgehead atoms. The highest BCUT2D eigenvalue weighted by Crippen LogP contribution is 2.37. The fourth-order valence-electron chi connectivity index (χ4n) is 2.99. The van der Waals surface area contributed by atoms with Crippen LogP contribution in [0.25, 0.3) is 10.9 Å². The van der Waals surface area contributed by atoms with Crippen LogP contribution in [0, 0.1) is 23.2 Å². The van der Waals surface area contributed by atoms with E-state index in [2.05, 4.69) is 33.2 Å². The summed E-state index contributed by atoms with van der Waals surface area (Å²) in [6.07, 6.45) is 4.92. The minimum absolute atomic E-state index is 0.370. The molecule has 7 heteroatoms. The molecule has 0 atom stereocenters. The third kappa shape index (κ3) is 4.39. The van der Waals surface area contributed by atoms with Crippen LogP contribution in [0.2, 0.25) is 10.0 Å². The van der Waals surface area contributed by atoms with Crippen molar-refractivity contribution in [2.75, 3.05) is 12.4 Å². The van der Waals surface area contributed by atoms with Crippen LogP contribution in [0.15, 0.2) is 61.1 Å². The third-order valence-electron chi connectivity index (χ3n) is 4.50. The number of hydrogen-bond acceptors (Lipinski definition) is 5. The van der Waals surface area contributed by atoms with Gasteiger partial charge in [-0.05, 0) is 36.4 Å². The van der Waals surface area contributed by atoms with Crippen LogP contribution in [0.4, 0.5) is 11.4 Å². The second kappa shape index (κ2) is 8.93. The average molecular weight is 445 g/mol. The Morgan fingerprint density at radius 2 is 1.84 bits per heavy atom. The van der Waals surface area contributed by atoms with Crippen molar-refractivity contribution in [2.24, 2.45) is 0 Å². The van der Waals surface area contributed by atoms with E-state index in [-0.39, 0.29) is 0 Å². The number of methoxy groups -OCH3 is 1. The van der Waals surface area contributed by atoms with E-state index in [1.54, 1.807) is 24.5 Å². The van der Waals surface area contributed by atoms with Gasteiger partial charge in [-0.25, -0.2) is 0 Å². The van der Waals surface area contributed by atoms with Crippen molar-refractivity contribution in [1.29, 1.82) is 5.26 Å². The van der Waals surface area contributed by atoms with E-state index in [1.807, 2.05) is 30.3 Å². The molecule has 0 spiro atoms. The molecule has 4 aromatic rings. The maximum absolute atomic E-state index is 9.65. The second-order valence-corrected chi connectivity index (χ2v) is 7.29. The molecule has 0 radical (unpaired) electrons. The number of nitrogens with one attached hydrogen (secondary N) is 1. The Hall–Kier alpha value is -3.77. The molecule has 31 heavy (non-hydrogen) atoms. The minimum Gasteiger partial charge on any atom is -0.495 e. The van der Waals surface area contributed by atoms with Gasteiger partial charge in [-0.1, -0.05) is 35.0 Å². The van der Waals surface area contributed by atoms with Crippen LogP contribution in [0.1, 0.15) is 16.7 Å². The van der Waals surface area contributed by atoms with Crippen molar-refractivity contribution in [3.05, 3.63) is 87.8 Å². The molecular weight excluding hydrogens is 431 g/mol. The number of nitriles is 1. The zero-order chi connectivity index (χ0) is 21.8. The van der Waals surface area contributed by atoms with Crippen LogP contribution in [-0.4, -0.2) is 17.1 Å². The van der Waals surface area contributed by atoms with E-state index in [0.717, 1.165) is 16.5 Å². The molecule has 0 aliphatic rings. The van der Waals surface area contributed by atoms with E-state index in [4.69, 9.17) is 27.9 Å². The van der Waals surface area contributed by atoms with E-state index < -0.39 is 0 Å². The summed E-state index contributed by atoms with van der Waals surface area (Å²) < 4.78 is 5.28. The Morgan fingerprint density at radius 1 is 1.00 bits per heavy atom. The normalized spacial score (nSPS) is 10.1. The fraction of sp³-hybridized carbons (Fsp3) is 0.0417. The fourth-order valence-corrected chi connectivity index (χ4v) is 3.49. The summed E-state index contributed by atoms with van der Waals surface area (Å²) in [6, 6.07) is 14.8. The van der Waals surface area contributed by atoms with Gasteiger partial charge in [-0.15, -0.1) is 0 Å². The van der Waals surface area contributed by atoms with Gasteiger partial charge >= 0.3 is 0 Å². The minimum atomic E-state index is 0.370. The van der Waals surface area contributed by atoms with Gasteiger partial charge in [0.1, 0.15) is 11.8 Å². The second-order valence-electron chi connectivity index (χ2n) is 6.47. The van der Waals surface area contributed by atoms with Gasteiger partial charge in [-0.3, -0.25) is 9.97 Å². The molecule has 5 nitrogen and oxygen atoms in total. The van der Waals surface area contributed by atoms with Gasteiger partial charge in [0.05, 0.1) is 39.6 Å². The summed E-state index contributed by atoms with van der Waals surface area (Å²) in [5, 5.41) is 14.4. The number of rotatable bonds is 3. The number of nitrogens with zero attached hydrogens (tertiary/aromatic N) is 3. The molecule has 1 N–H and O–H groups in total. The lowest BCUT2D eigenvalue weighted by Gasteiger charge is -2.14. The lowest BCUT2D eigenvalue weighted by Crippen LogP contribution is -1.98. The van der Waals surface area contributed by atoms with Crippen molar-refractivity contribution >= 4 is 45.5 Å². The monoisotopic (exact) mass is 444 g/mol. The summed E-state index contributed by atoms with van der Waals surface area (Å²) in [7, 11) is 1.52. The molecule has 2 heterocycles. The molecule has 0 aliphatic heterocycles. The summed E-state index contributed by atoms with van der Waals surface area (Å²) in [6.45, 7) is 0. The van der Waals surface area contributed by atoms with Gasteiger partial charge in [0.15, 0.2) is 0 Å². The van der Waals surface area contributed by atoms with Crippen LogP contribution >= 0.6 is 23.2 Å². The van der Waals surface area contributed by atoms with Crippen molar-refractivity contribution in [2.45, 2.75) is 0 Å². The van der Waals surface area contributed by atoms with E-state index >= 15 is 0 Å². The van der Waals surface area contributed by atoms with Gasteiger partial charge in [0, 0.05) is 41.2 Å². The smallest absolute Gasteiger partial charge is 0.139 e. The maximum atomic E-state index is 9.65. The SMILES string of the molecule is COc1cc(Nc2c(C#N)cnc3ccc(C#Cc4cccnc4)cc23)c(Cl)cc1Cl. The highest BCUT2D eigenvalue weighted by Gasteiger charge is 2.14. The molecule has 4 rings (SSSR count). The molecule has 150 valence electrons. The van der Waals surface area contributed by atoms with E-state index in [1.165, 1.54) is 13.3 Å². The number of fused-ring (bicyclic) bond motifs is 1. The zero-order valence-electron chi connectivity index (χ0n) is 16.3. The first-order chi connectivity index (χ1) is 15.1. The predicted molar refractivity (Wildman–Crippen MR) is 123 cm³/mol. The summed E-state index contributed by atoms with van der Waals surface area (Å²) >= 11 is 12.5. The molecule has 0 fully saturated rings. The lowest BCUT2D eigenvalue weighted by atomic mass is 10.1. The van der Waals surface area contributed by atoms with Crippen LogP contribution in [-0.2, 0) is 0 Å². The quantitative estimate of drug-likeness (QED) is 0.394.